The molecule has 1 heterocycles. The number of nitrogen functional groups attached to an aromatic ring is 1. The van der Waals surface area contributed by atoms with Crippen LogP contribution in [0.5, 0.6) is 0 Å². The quantitative estimate of drug-likeness (QED) is 0.761. The average Bonchev–Trinajstić information content (AvgIpc) is 2.09. The van der Waals surface area contributed by atoms with Crippen LogP contribution < -0.4 is 15.2 Å². The minimum absolute atomic E-state index is 0.199. The fourth-order valence-corrected chi connectivity index (χ4v) is 2.35. The van der Waals surface area contributed by atoms with Crippen LogP contribution in [-0.4, -0.2) is 19.9 Å². The van der Waals surface area contributed by atoms with Crippen LogP contribution in [0, 0.1) is 0 Å². The summed E-state index contributed by atoms with van der Waals surface area (Å²) >= 11 is 3.15. The zero-order chi connectivity index (χ0) is 11.5. The van der Waals surface area contributed by atoms with Crippen molar-refractivity contribution < 1.29 is 8.42 Å². The fraction of sp³-hybridized carbons (Fsp3) is 0.286. The number of hydrogen-bond donors (Lipinski definition) is 3. The summed E-state index contributed by atoms with van der Waals surface area (Å²) in [5.74, 6) is 0.199. The number of anilines is 2. The molecule has 8 heteroatoms. The maximum atomic E-state index is 11.3. The number of pyridine rings is 1. The molecule has 6 nitrogen and oxygen atoms in total. The second-order valence-electron chi connectivity index (χ2n) is 2.70. The van der Waals surface area contributed by atoms with E-state index in [1.54, 1.807) is 13.0 Å². The van der Waals surface area contributed by atoms with Crippen molar-refractivity contribution in [2.75, 3.05) is 17.0 Å². The topological polar surface area (TPSA) is 97.1 Å². The monoisotopic (exact) mass is 294 g/mol. The van der Waals surface area contributed by atoms with Crippen molar-refractivity contribution in [1.82, 2.24) is 9.71 Å². The Morgan fingerprint density at radius 3 is 2.80 bits per heavy atom. The molecule has 0 radical (unpaired) electrons. The molecule has 4 N–H and O–H groups in total. The molecule has 1 aromatic heterocycles. The van der Waals surface area contributed by atoms with Crippen molar-refractivity contribution in [1.29, 1.82) is 0 Å². The highest BCUT2D eigenvalue weighted by Gasteiger charge is 2.11. The largest absolute Gasteiger partial charge is 0.397 e. The van der Waals surface area contributed by atoms with Crippen LogP contribution in [0.1, 0.15) is 6.92 Å². The van der Waals surface area contributed by atoms with Crippen molar-refractivity contribution in [3.63, 3.8) is 0 Å². The van der Waals surface area contributed by atoms with E-state index in [-0.39, 0.29) is 5.82 Å². The molecule has 15 heavy (non-hydrogen) atoms. The van der Waals surface area contributed by atoms with Crippen LogP contribution in [0.3, 0.4) is 0 Å². The van der Waals surface area contributed by atoms with Gasteiger partial charge in [0.15, 0.2) is 5.82 Å². The molecule has 1 aromatic rings. The standard InChI is InChI=1S/C7H11BrN4O2S/c1-2-11-15(13,14)12-7-6(8)3-5(9)4-10-7/h3-4,11H,2,9H2,1H3,(H,10,12). The van der Waals surface area contributed by atoms with Crippen molar-refractivity contribution in [3.8, 4) is 0 Å². The SMILES string of the molecule is CCNS(=O)(=O)Nc1ncc(N)cc1Br. The number of hydrogen-bond acceptors (Lipinski definition) is 4. The van der Waals surface area contributed by atoms with Gasteiger partial charge >= 0.3 is 0 Å². The third kappa shape index (κ3) is 3.65. The van der Waals surface area contributed by atoms with E-state index in [2.05, 4.69) is 30.4 Å². The Bertz CT molecular complexity index is 448. The number of nitrogens with two attached hydrogens (primary N) is 1. The molecule has 0 saturated carbocycles. The summed E-state index contributed by atoms with van der Waals surface area (Å²) in [5, 5.41) is 0. The van der Waals surface area contributed by atoms with Gasteiger partial charge < -0.3 is 5.73 Å². The van der Waals surface area contributed by atoms with E-state index in [0.29, 0.717) is 16.7 Å². The van der Waals surface area contributed by atoms with Gasteiger partial charge in [-0.2, -0.15) is 13.1 Å². The molecule has 1 rings (SSSR count). The van der Waals surface area contributed by atoms with E-state index in [0.717, 1.165) is 0 Å². The molecule has 0 unspecified atom stereocenters. The van der Waals surface area contributed by atoms with Crippen LogP contribution in [-0.2, 0) is 10.2 Å². The van der Waals surface area contributed by atoms with Gasteiger partial charge in [-0.25, -0.2) is 4.98 Å². The molecule has 0 aliphatic heterocycles. The van der Waals surface area contributed by atoms with Crippen LogP contribution in [0.25, 0.3) is 0 Å². The van der Waals surface area contributed by atoms with Gasteiger partial charge in [-0.15, -0.1) is 0 Å². The molecule has 0 fully saturated rings. The Kier molecular flexibility index (Phi) is 3.89. The maximum absolute atomic E-state index is 11.3. The van der Waals surface area contributed by atoms with Crippen LogP contribution in [0.2, 0.25) is 0 Å². The molecule has 0 spiro atoms. The van der Waals surface area contributed by atoms with Gasteiger partial charge in [-0.05, 0) is 22.0 Å². The number of rotatable bonds is 4. The second-order valence-corrected chi connectivity index (χ2v) is 5.06. The number of halogens is 1. The summed E-state index contributed by atoms with van der Waals surface area (Å²) in [4.78, 5) is 3.84. The smallest absolute Gasteiger partial charge is 0.300 e. The summed E-state index contributed by atoms with van der Waals surface area (Å²) < 4.78 is 27.7. The molecular weight excluding hydrogens is 284 g/mol. The first-order chi connectivity index (χ1) is 6.94. The van der Waals surface area contributed by atoms with Crippen molar-refractivity contribution in [2.45, 2.75) is 6.92 Å². The molecule has 0 aliphatic rings. The van der Waals surface area contributed by atoms with E-state index < -0.39 is 10.2 Å². The molecular formula is C7H11BrN4O2S. The molecule has 0 aromatic carbocycles. The van der Waals surface area contributed by atoms with Gasteiger partial charge in [0.05, 0.1) is 16.4 Å². The third-order valence-corrected chi connectivity index (χ3v) is 3.16. The van der Waals surface area contributed by atoms with E-state index in [4.69, 9.17) is 5.73 Å². The van der Waals surface area contributed by atoms with Crippen LogP contribution >= 0.6 is 15.9 Å². The first-order valence-corrected chi connectivity index (χ1v) is 6.40. The molecule has 0 bridgehead atoms. The highest BCUT2D eigenvalue weighted by molar-refractivity contribution is 9.10. The summed E-state index contributed by atoms with van der Waals surface area (Å²) in [6.07, 6.45) is 1.37. The lowest BCUT2D eigenvalue weighted by Crippen LogP contribution is -2.30. The van der Waals surface area contributed by atoms with E-state index in [1.165, 1.54) is 6.20 Å². The van der Waals surface area contributed by atoms with Crippen LogP contribution in [0.4, 0.5) is 11.5 Å². The predicted octanol–water partition coefficient (Wildman–Crippen LogP) is 0.692. The fourth-order valence-electron chi connectivity index (χ4n) is 0.881. The Balaban J connectivity index is 2.90. The number of aromatic nitrogens is 1. The highest BCUT2D eigenvalue weighted by Crippen LogP contribution is 2.22. The van der Waals surface area contributed by atoms with E-state index >= 15 is 0 Å². The Labute approximate surface area is 96.6 Å². The van der Waals surface area contributed by atoms with E-state index in [9.17, 15) is 8.42 Å². The summed E-state index contributed by atoms with van der Waals surface area (Å²) in [6, 6.07) is 1.57. The second kappa shape index (κ2) is 4.77. The summed E-state index contributed by atoms with van der Waals surface area (Å²) in [5.41, 5.74) is 5.92. The summed E-state index contributed by atoms with van der Waals surface area (Å²) in [7, 11) is -3.55. The zero-order valence-corrected chi connectivity index (χ0v) is 10.4. The van der Waals surface area contributed by atoms with Gasteiger partial charge in [0.25, 0.3) is 10.2 Å². The molecule has 0 amide bonds. The molecule has 0 atom stereocenters. The minimum atomic E-state index is -3.55. The average molecular weight is 295 g/mol. The molecule has 0 aliphatic carbocycles. The predicted molar refractivity (Wildman–Crippen MR) is 62.6 cm³/mol. The summed E-state index contributed by atoms with van der Waals surface area (Å²) in [6.45, 7) is 1.99. The Hall–Kier alpha value is -0.860. The van der Waals surface area contributed by atoms with Crippen molar-refractivity contribution in [3.05, 3.63) is 16.7 Å². The third-order valence-electron chi connectivity index (χ3n) is 1.43. The zero-order valence-electron chi connectivity index (χ0n) is 7.99. The van der Waals surface area contributed by atoms with Crippen molar-refractivity contribution >= 4 is 37.6 Å². The van der Waals surface area contributed by atoms with Gasteiger partial charge in [-0.1, -0.05) is 6.92 Å². The normalized spacial score (nSPS) is 11.3. The van der Waals surface area contributed by atoms with Gasteiger partial charge in [0, 0.05) is 6.54 Å². The number of nitrogens with one attached hydrogen (secondary N) is 2. The molecule has 84 valence electrons. The first kappa shape index (κ1) is 12.2. The van der Waals surface area contributed by atoms with Gasteiger partial charge in [-0.3, -0.25) is 4.72 Å². The lowest BCUT2D eigenvalue weighted by Gasteiger charge is -2.08. The molecule has 0 saturated heterocycles. The Morgan fingerprint density at radius 1 is 1.60 bits per heavy atom. The minimum Gasteiger partial charge on any atom is -0.397 e. The van der Waals surface area contributed by atoms with Crippen molar-refractivity contribution in [2.24, 2.45) is 0 Å². The van der Waals surface area contributed by atoms with Crippen LogP contribution in [0.15, 0.2) is 16.7 Å². The first-order valence-electron chi connectivity index (χ1n) is 4.13. The van der Waals surface area contributed by atoms with Gasteiger partial charge in [0.1, 0.15) is 0 Å². The lowest BCUT2D eigenvalue weighted by atomic mass is 10.4. The van der Waals surface area contributed by atoms with E-state index in [1.807, 2.05) is 0 Å². The van der Waals surface area contributed by atoms with Gasteiger partial charge in [0.2, 0.25) is 0 Å². The lowest BCUT2D eigenvalue weighted by molar-refractivity contribution is 0.589. The maximum Gasteiger partial charge on any atom is 0.300 e. The Morgan fingerprint density at radius 2 is 2.27 bits per heavy atom. The number of nitrogens with zero attached hydrogens (tertiary/aromatic N) is 1. The highest BCUT2D eigenvalue weighted by atomic mass is 79.9.